The van der Waals surface area contributed by atoms with Gasteiger partial charge in [-0.3, -0.25) is 9.59 Å². The number of allylic oxidation sites excluding steroid dienone is 3. The fourth-order valence-corrected chi connectivity index (χ4v) is 1.40. The highest BCUT2D eigenvalue weighted by atomic mass is 16.3. The van der Waals surface area contributed by atoms with Gasteiger partial charge < -0.3 is 15.7 Å². The van der Waals surface area contributed by atoms with Crippen LogP contribution in [0.25, 0.3) is 0 Å². The Balaban J connectivity index is 3.52. The molecule has 0 heterocycles. The van der Waals surface area contributed by atoms with Crippen molar-refractivity contribution in [2.75, 3.05) is 13.1 Å². The second-order valence-electron chi connectivity index (χ2n) is 4.25. The number of nitrogens with one attached hydrogen (secondary N) is 2. The van der Waals surface area contributed by atoms with Crippen LogP contribution in [0.2, 0.25) is 0 Å². The molecule has 3 N–H and O–H groups in total. The van der Waals surface area contributed by atoms with E-state index in [0.717, 1.165) is 19.3 Å². The Labute approximate surface area is 114 Å². The minimum Gasteiger partial charge on any atom is -0.510 e. The zero-order chi connectivity index (χ0) is 14.5. The van der Waals surface area contributed by atoms with Crippen LogP contribution < -0.4 is 10.6 Å². The molecule has 0 aromatic heterocycles. The number of aliphatic hydroxyl groups is 1. The molecule has 0 aromatic rings. The Hall–Kier alpha value is -1.78. The fraction of sp³-hybridized carbons (Fsp3) is 0.571. The van der Waals surface area contributed by atoms with Crippen molar-refractivity contribution in [1.29, 1.82) is 0 Å². The molecule has 0 aromatic carbocycles. The lowest BCUT2D eigenvalue weighted by molar-refractivity contribution is -0.121. The molecule has 0 saturated heterocycles. The summed E-state index contributed by atoms with van der Waals surface area (Å²) in [5, 5.41) is 14.7. The molecule has 0 radical (unpaired) electrons. The Kier molecular flexibility index (Phi) is 10.3. The largest absolute Gasteiger partial charge is 0.510 e. The van der Waals surface area contributed by atoms with E-state index in [-0.39, 0.29) is 24.1 Å². The molecule has 0 bridgehead atoms. The van der Waals surface area contributed by atoms with Gasteiger partial charge in [0.2, 0.25) is 11.8 Å². The summed E-state index contributed by atoms with van der Waals surface area (Å²) in [5.74, 6) is 0.0400. The maximum absolute atomic E-state index is 11.4. The molecule has 0 aliphatic rings. The van der Waals surface area contributed by atoms with Crippen LogP contribution in [0.5, 0.6) is 0 Å². The first-order chi connectivity index (χ1) is 9.06. The van der Waals surface area contributed by atoms with E-state index in [2.05, 4.69) is 10.6 Å². The van der Waals surface area contributed by atoms with E-state index < -0.39 is 0 Å². The van der Waals surface area contributed by atoms with E-state index in [4.69, 9.17) is 0 Å². The van der Waals surface area contributed by atoms with Crippen molar-refractivity contribution >= 4 is 11.8 Å². The average molecular weight is 268 g/mol. The van der Waals surface area contributed by atoms with Gasteiger partial charge in [-0.05, 0) is 25.8 Å². The van der Waals surface area contributed by atoms with Crippen molar-refractivity contribution in [1.82, 2.24) is 10.6 Å². The highest BCUT2D eigenvalue weighted by Crippen LogP contribution is 1.99. The number of carbonyl (C=O) groups excluding carboxylic acids is 2. The first kappa shape index (κ1) is 17.2. The quantitative estimate of drug-likeness (QED) is 0.339. The number of aliphatic hydroxyl groups excluding tert-OH is 1. The lowest BCUT2D eigenvalue weighted by Gasteiger charge is -2.05. The molecule has 0 aliphatic carbocycles. The van der Waals surface area contributed by atoms with Crippen LogP contribution >= 0.6 is 0 Å². The van der Waals surface area contributed by atoms with E-state index in [9.17, 15) is 14.7 Å². The first-order valence-corrected chi connectivity index (χ1v) is 6.58. The molecule has 2 amide bonds. The Morgan fingerprint density at radius 2 is 1.89 bits per heavy atom. The summed E-state index contributed by atoms with van der Waals surface area (Å²) in [7, 11) is 0. The minimum absolute atomic E-state index is 0.0267. The van der Waals surface area contributed by atoms with Gasteiger partial charge in [-0.1, -0.05) is 18.6 Å². The zero-order valence-corrected chi connectivity index (χ0v) is 11.7. The summed E-state index contributed by atoms with van der Waals surface area (Å²) in [6, 6.07) is 0. The zero-order valence-electron chi connectivity index (χ0n) is 11.7. The van der Waals surface area contributed by atoms with Crippen LogP contribution in [0.15, 0.2) is 24.0 Å². The topological polar surface area (TPSA) is 78.4 Å². The maximum Gasteiger partial charge on any atom is 0.220 e. The second-order valence-corrected chi connectivity index (χ2v) is 4.25. The Morgan fingerprint density at radius 1 is 1.16 bits per heavy atom. The highest BCUT2D eigenvalue weighted by molar-refractivity contribution is 5.76. The van der Waals surface area contributed by atoms with Gasteiger partial charge >= 0.3 is 0 Å². The minimum atomic E-state index is -0.0695. The number of hydrogen-bond acceptors (Lipinski definition) is 3. The SMILES string of the molecule is C/C=C/C=C(\O)CNC(=O)CCCCCNC(C)=O. The van der Waals surface area contributed by atoms with Gasteiger partial charge in [0.1, 0.15) is 5.76 Å². The third kappa shape index (κ3) is 12.5. The summed E-state index contributed by atoms with van der Waals surface area (Å²) in [6.45, 7) is 4.16. The summed E-state index contributed by atoms with van der Waals surface area (Å²) < 4.78 is 0. The van der Waals surface area contributed by atoms with E-state index in [1.54, 1.807) is 18.2 Å². The molecule has 0 aliphatic heterocycles. The molecular weight excluding hydrogens is 244 g/mol. The van der Waals surface area contributed by atoms with Gasteiger partial charge in [0, 0.05) is 19.9 Å². The fourth-order valence-electron chi connectivity index (χ4n) is 1.40. The van der Waals surface area contributed by atoms with Crippen molar-refractivity contribution < 1.29 is 14.7 Å². The molecular formula is C14H24N2O3. The van der Waals surface area contributed by atoms with Gasteiger partial charge in [0.25, 0.3) is 0 Å². The van der Waals surface area contributed by atoms with Gasteiger partial charge in [0.15, 0.2) is 0 Å². The summed E-state index contributed by atoms with van der Waals surface area (Å²) in [4.78, 5) is 22.0. The smallest absolute Gasteiger partial charge is 0.220 e. The normalized spacial score (nSPS) is 11.6. The molecule has 0 saturated carbocycles. The van der Waals surface area contributed by atoms with Crippen LogP contribution in [-0.2, 0) is 9.59 Å². The van der Waals surface area contributed by atoms with Gasteiger partial charge in [-0.25, -0.2) is 0 Å². The molecule has 5 heteroatoms. The lowest BCUT2D eigenvalue weighted by atomic mass is 10.2. The summed E-state index contributed by atoms with van der Waals surface area (Å²) >= 11 is 0. The lowest BCUT2D eigenvalue weighted by Crippen LogP contribution is -2.25. The Morgan fingerprint density at radius 3 is 2.53 bits per heavy atom. The Bertz CT molecular complexity index is 336. The van der Waals surface area contributed by atoms with Crippen molar-refractivity contribution in [3.63, 3.8) is 0 Å². The first-order valence-electron chi connectivity index (χ1n) is 6.58. The number of carbonyl (C=O) groups is 2. The van der Waals surface area contributed by atoms with E-state index in [1.807, 2.05) is 6.92 Å². The number of unbranched alkanes of at least 4 members (excludes halogenated alkanes) is 2. The van der Waals surface area contributed by atoms with Gasteiger partial charge in [-0.2, -0.15) is 0 Å². The molecule has 0 fully saturated rings. The summed E-state index contributed by atoms with van der Waals surface area (Å²) in [6.07, 6.45) is 8.06. The van der Waals surface area contributed by atoms with E-state index >= 15 is 0 Å². The number of hydrogen-bond donors (Lipinski definition) is 3. The van der Waals surface area contributed by atoms with Crippen molar-refractivity contribution in [2.24, 2.45) is 0 Å². The van der Waals surface area contributed by atoms with Crippen LogP contribution in [-0.4, -0.2) is 30.0 Å². The predicted molar refractivity (Wildman–Crippen MR) is 75.7 cm³/mol. The molecule has 0 rings (SSSR count). The molecule has 0 unspecified atom stereocenters. The molecule has 19 heavy (non-hydrogen) atoms. The second kappa shape index (κ2) is 11.3. The number of amides is 2. The van der Waals surface area contributed by atoms with Crippen LogP contribution in [0.3, 0.4) is 0 Å². The van der Waals surface area contributed by atoms with E-state index in [1.165, 1.54) is 6.92 Å². The molecule has 0 atom stereocenters. The van der Waals surface area contributed by atoms with Crippen molar-refractivity contribution in [2.45, 2.75) is 39.5 Å². The van der Waals surface area contributed by atoms with Crippen molar-refractivity contribution in [3.8, 4) is 0 Å². The third-order valence-electron chi connectivity index (χ3n) is 2.40. The molecule has 5 nitrogen and oxygen atoms in total. The summed E-state index contributed by atoms with van der Waals surface area (Å²) in [5.41, 5.74) is 0. The average Bonchev–Trinajstić information content (AvgIpc) is 2.37. The highest BCUT2D eigenvalue weighted by Gasteiger charge is 2.01. The standard InChI is InChI=1S/C14H24N2O3/c1-3-4-8-13(18)11-16-14(19)9-6-5-7-10-15-12(2)17/h3-4,8,18H,5-7,9-11H2,1-2H3,(H,15,17)(H,16,19)/b4-3+,13-8-. The van der Waals surface area contributed by atoms with Crippen LogP contribution in [0.4, 0.5) is 0 Å². The molecule has 108 valence electrons. The van der Waals surface area contributed by atoms with E-state index in [0.29, 0.717) is 13.0 Å². The monoisotopic (exact) mass is 268 g/mol. The van der Waals surface area contributed by atoms with Crippen LogP contribution in [0, 0.1) is 0 Å². The third-order valence-corrected chi connectivity index (χ3v) is 2.40. The van der Waals surface area contributed by atoms with Crippen LogP contribution in [0.1, 0.15) is 39.5 Å². The number of rotatable bonds is 9. The van der Waals surface area contributed by atoms with Gasteiger partial charge in [-0.15, -0.1) is 0 Å². The predicted octanol–water partition coefficient (Wildman–Crippen LogP) is 1.82. The van der Waals surface area contributed by atoms with Crippen molar-refractivity contribution in [3.05, 3.63) is 24.0 Å². The molecule has 0 spiro atoms. The van der Waals surface area contributed by atoms with Gasteiger partial charge in [0.05, 0.1) is 6.54 Å². The maximum atomic E-state index is 11.4.